The van der Waals surface area contributed by atoms with E-state index < -0.39 is 0 Å². The molecule has 0 fully saturated rings. The molecule has 0 aromatic heterocycles. The fraction of sp³-hybridized carbons (Fsp3) is 0.0476. The van der Waals surface area contributed by atoms with E-state index in [0.29, 0.717) is 28.0 Å². The molecule has 0 spiro atoms. The highest BCUT2D eigenvalue weighted by molar-refractivity contribution is 6.26. The van der Waals surface area contributed by atoms with E-state index >= 15 is 0 Å². The van der Waals surface area contributed by atoms with Crippen LogP contribution in [0, 0.1) is 0 Å². The molecule has 0 aliphatic carbocycles. The van der Waals surface area contributed by atoms with Crippen LogP contribution in [0.25, 0.3) is 10.8 Å². The average Bonchev–Trinajstić information content (AvgIpc) is 2.65. The van der Waals surface area contributed by atoms with E-state index in [1.54, 1.807) is 30.3 Å². The Labute approximate surface area is 144 Å². The molecule has 122 valence electrons. The molecule has 0 radical (unpaired) electrons. The molecule has 2 amide bonds. The number of hydrogen-bond donors (Lipinski definition) is 0. The van der Waals surface area contributed by atoms with E-state index in [2.05, 4.69) is 6.58 Å². The Morgan fingerprint density at radius 3 is 2.32 bits per heavy atom. The number of carbonyl (C=O) groups is 2. The molecule has 25 heavy (non-hydrogen) atoms. The Morgan fingerprint density at radius 2 is 1.60 bits per heavy atom. The van der Waals surface area contributed by atoms with Gasteiger partial charge in [-0.2, -0.15) is 0 Å². The van der Waals surface area contributed by atoms with Crippen molar-refractivity contribution in [3.63, 3.8) is 0 Å². The van der Waals surface area contributed by atoms with E-state index in [1.807, 2.05) is 36.4 Å². The first-order chi connectivity index (χ1) is 12.2. The smallest absolute Gasteiger partial charge is 0.261 e. The molecule has 0 saturated heterocycles. The van der Waals surface area contributed by atoms with Crippen LogP contribution in [0.2, 0.25) is 0 Å². The Kier molecular flexibility index (Phi) is 3.58. The molecular formula is C21H15NO3. The van der Waals surface area contributed by atoms with Crippen molar-refractivity contribution in [1.29, 1.82) is 0 Å². The molecule has 4 nitrogen and oxygen atoms in total. The predicted octanol–water partition coefficient (Wildman–Crippen LogP) is 4.41. The zero-order valence-electron chi connectivity index (χ0n) is 13.4. The minimum absolute atomic E-state index is 0.190. The van der Waals surface area contributed by atoms with E-state index in [0.717, 1.165) is 5.39 Å². The first-order valence-corrected chi connectivity index (χ1v) is 7.96. The van der Waals surface area contributed by atoms with Crippen molar-refractivity contribution in [3.8, 4) is 11.5 Å². The number of para-hydroxylation sites is 1. The van der Waals surface area contributed by atoms with Gasteiger partial charge in [0.2, 0.25) is 0 Å². The lowest BCUT2D eigenvalue weighted by Gasteiger charge is -2.26. The van der Waals surface area contributed by atoms with Gasteiger partial charge < -0.3 is 4.74 Å². The molecule has 4 rings (SSSR count). The van der Waals surface area contributed by atoms with Crippen LogP contribution < -0.4 is 4.74 Å². The summed E-state index contributed by atoms with van der Waals surface area (Å²) in [5.41, 5.74) is 1.01. The van der Waals surface area contributed by atoms with E-state index in [9.17, 15) is 9.59 Å². The molecule has 1 aliphatic rings. The van der Waals surface area contributed by atoms with Crippen LogP contribution in [0.1, 0.15) is 20.7 Å². The number of ether oxygens (including phenoxy) is 1. The van der Waals surface area contributed by atoms with Gasteiger partial charge in [0.15, 0.2) is 0 Å². The number of hydrogen-bond acceptors (Lipinski definition) is 3. The summed E-state index contributed by atoms with van der Waals surface area (Å²) in [6.45, 7) is 3.81. The van der Waals surface area contributed by atoms with Gasteiger partial charge in [-0.1, -0.05) is 36.4 Å². The van der Waals surface area contributed by atoms with Crippen molar-refractivity contribution in [1.82, 2.24) is 4.90 Å². The van der Waals surface area contributed by atoms with Crippen LogP contribution in [-0.2, 0) is 0 Å². The summed E-state index contributed by atoms with van der Waals surface area (Å²) in [5.74, 6) is 0.703. The minimum atomic E-state index is -0.306. The summed E-state index contributed by atoms with van der Waals surface area (Å²) < 4.78 is 5.96. The minimum Gasteiger partial charge on any atom is -0.457 e. The second kappa shape index (κ2) is 5.91. The maximum atomic E-state index is 12.7. The lowest BCUT2D eigenvalue weighted by atomic mass is 9.93. The van der Waals surface area contributed by atoms with Gasteiger partial charge in [0.25, 0.3) is 11.8 Å². The number of rotatable bonds is 4. The van der Waals surface area contributed by atoms with Gasteiger partial charge in [-0.3, -0.25) is 14.5 Å². The largest absolute Gasteiger partial charge is 0.457 e. The van der Waals surface area contributed by atoms with Crippen LogP contribution in [0.4, 0.5) is 0 Å². The standard InChI is InChI=1S/C21H15NO3/c1-2-13-22-20(23)16-10-6-9-15-18(25-14-7-4-3-5-8-14)12-11-17(19(15)16)21(22)24/h2-12H,1,13H2. The maximum Gasteiger partial charge on any atom is 0.261 e. The van der Waals surface area contributed by atoms with Gasteiger partial charge in [0.1, 0.15) is 11.5 Å². The van der Waals surface area contributed by atoms with E-state index in [1.165, 1.54) is 4.90 Å². The molecule has 0 saturated carbocycles. The fourth-order valence-electron chi connectivity index (χ4n) is 3.12. The van der Waals surface area contributed by atoms with Crippen LogP contribution in [0.5, 0.6) is 11.5 Å². The lowest BCUT2D eigenvalue weighted by molar-refractivity contribution is 0.0629. The normalized spacial score (nSPS) is 13.2. The van der Waals surface area contributed by atoms with Crippen molar-refractivity contribution >= 4 is 22.6 Å². The van der Waals surface area contributed by atoms with Crippen molar-refractivity contribution in [2.24, 2.45) is 0 Å². The third kappa shape index (κ3) is 2.39. The third-order valence-corrected chi connectivity index (χ3v) is 4.23. The first kappa shape index (κ1) is 15.1. The highest BCUT2D eigenvalue weighted by atomic mass is 16.5. The highest BCUT2D eigenvalue weighted by Crippen LogP contribution is 2.37. The summed E-state index contributed by atoms with van der Waals surface area (Å²) in [6, 6.07) is 18.3. The first-order valence-electron chi connectivity index (χ1n) is 7.96. The van der Waals surface area contributed by atoms with Crippen LogP contribution in [-0.4, -0.2) is 23.3 Å². The zero-order valence-corrected chi connectivity index (χ0v) is 13.4. The summed E-state index contributed by atoms with van der Waals surface area (Å²) in [7, 11) is 0. The summed E-state index contributed by atoms with van der Waals surface area (Å²) in [5, 5.41) is 1.39. The molecule has 0 atom stereocenters. The van der Waals surface area contributed by atoms with Crippen molar-refractivity contribution in [3.05, 3.63) is 84.4 Å². The van der Waals surface area contributed by atoms with E-state index in [-0.39, 0.29) is 18.4 Å². The summed E-state index contributed by atoms with van der Waals surface area (Å²) in [6.07, 6.45) is 1.55. The van der Waals surface area contributed by atoms with Crippen LogP contribution >= 0.6 is 0 Å². The molecule has 3 aromatic carbocycles. The second-order valence-corrected chi connectivity index (χ2v) is 5.76. The monoisotopic (exact) mass is 329 g/mol. The van der Waals surface area contributed by atoms with E-state index in [4.69, 9.17) is 4.74 Å². The SMILES string of the molecule is C=CCN1C(=O)c2cccc3c(Oc4ccccc4)ccc(c23)C1=O. The quantitative estimate of drug-likeness (QED) is 0.526. The Balaban J connectivity index is 1.90. The van der Waals surface area contributed by atoms with Gasteiger partial charge in [0, 0.05) is 28.4 Å². The second-order valence-electron chi connectivity index (χ2n) is 5.76. The number of amides is 2. The van der Waals surface area contributed by atoms with Crippen LogP contribution in [0.3, 0.4) is 0 Å². The van der Waals surface area contributed by atoms with Gasteiger partial charge in [-0.05, 0) is 30.3 Å². The van der Waals surface area contributed by atoms with Crippen molar-refractivity contribution < 1.29 is 14.3 Å². The molecule has 4 heteroatoms. The number of carbonyl (C=O) groups excluding carboxylic acids is 2. The fourth-order valence-corrected chi connectivity index (χ4v) is 3.12. The predicted molar refractivity (Wildman–Crippen MR) is 96.0 cm³/mol. The number of benzene rings is 3. The Morgan fingerprint density at radius 1 is 0.880 bits per heavy atom. The lowest BCUT2D eigenvalue weighted by Crippen LogP contribution is -2.40. The zero-order chi connectivity index (χ0) is 17.4. The van der Waals surface area contributed by atoms with Gasteiger partial charge in [-0.25, -0.2) is 0 Å². The molecule has 0 N–H and O–H groups in total. The molecular weight excluding hydrogens is 314 g/mol. The molecule has 1 heterocycles. The van der Waals surface area contributed by atoms with Gasteiger partial charge >= 0.3 is 0 Å². The number of nitrogens with zero attached hydrogens (tertiary/aromatic N) is 1. The highest BCUT2D eigenvalue weighted by Gasteiger charge is 2.32. The maximum absolute atomic E-state index is 12.7. The van der Waals surface area contributed by atoms with Crippen molar-refractivity contribution in [2.45, 2.75) is 0 Å². The average molecular weight is 329 g/mol. The number of imide groups is 1. The third-order valence-electron chi connectivity index (χ3n) is 4.23. The topological polar surface area (TPSA) is 46.6 Å². The molecule has 0 unspecified atom stereocenters. The molecule has 0 bridgehead atoms. The van der Waals surface area contributed by atoms with Gasteiger partial charge in [-0.15, -0.1) is 6.58 Å². The summed E-state index contributed by atoms with van der Waals surface area (Å²) >= 11 is 0. The Bertz CT molecular complexity index is 986. The molecule has 1 aliphatic heterocycles. The Hall–Kier alpha value is -3.40. The van der Waals surface area contributed by atoms with Crippen LogP contribution in [0.15, 0.2) is 73.3 Å². The van der Waals surface area contributed by atoms with Crippen molar-refractivity contribution in [2.75, 3.05) is 6.54 Å². The summed E-state index contributed by atoms with van der Waals surface area (Å²) in [4.78, 5) is 26.6. The molecule has 3 aromatic rings. The van der Waals surface area contributed by atoms with Gasteiger partial charge in [0.05, 0.1) is 0 Å².